The van der Waals surface area contributed by atoms with Crippen molar-refractivity contribution in [3.63, 3.8) is 0 Å². The van der Waals surface area contributed by atoms with Crippen molar-refractivity contribution in [2.24, 2.45) is 0 Å². The zero-order valence-corrected chi connectivity index (χ0v) is 17.0. The molecule has 162 valence electrons. The van der Waals surface area contributed by atoms with Gasteiger partial charge in [0.2, 0.25) is 5.91 Å². The van der Waals surface area contributed by atoms with Crippen LogP contribution in [0.1, 0.15) is 25.0 Å². The van der Waals surface area contributed by atoms with Crippen molar-refractivity contribution in [2.45, 2.75) is 38.5 Å². The molecule has 2 aliphatic heterocycles. The number of imide groups is 1. The van der Waals surface area contributed by atoms with Crippen molar-refractivity contribution in [3.8, 4) is 5.75 Å². The summed E-state index contributed by atoms with van der Waals surface area (Å²) in [5.41, 5.74) is 0.790. The molecule has 4 rings (SSSR count). The molecule has 31 heavy (non-hydrogen) atoms. The second kappa shape index (κ2) is 7.64. The largest absolute Gasteiger partial charge is 0.435 e. The quantitative estimate of drug-likeness (QED) is 0.741. The predicted molar refractivity (Wildman–Crippen MR) is 108 cm³/mol. The molecule has 0 saturated carbocycles. The minimum atomic E-state index is -2.96. The molecule has 2 aromatic rings. The van der Waals surface area contributed by atoms with Crippen molar-refractivity contribution in [3.05, 3.63) is 59.7 Å². The summed E-state index contributed by atoms with van der Waals surface area (Å²) >= 11 is 0. The molecule has 1 saturated heterocycles. The smallest absolute Gasteiger partial charge is 0.387 e. The first-order valence-electron chi connectivity index (χ1n) is 9.80. The topological polar surface area (TPSA) is 79.0 Å². The Morgan fingerprint density at radius 3 is 2.55 bits per heavy atom. The van der Waals surface area contributed by atoms with Crippen LogP contribution in [0.25, 0.3) is 0 Å². The van der Waals surface area contributed by atoms with Gasteiger partial charge < -0.3 is 15.0 Å². The minimum Gasteiger partial charge on any atom is -0.435 e. The maximum atomic E-state index is 13.1. The highest BCUT2D eigenvalue weighted by Gasteiger charge is 2.50. The average Bonchev–Trinajstić information content (AvgIpc) is 3.16. The maximum absolute atomic E-state index is 13.1. The van der Waals surface area contributed by atoms with Crippen molar-refractivity contribution in [1.29, 1.82) is 0 Å². The zero-order valence-electron chi connectivity index (χ0n) is 17.0. The number of ether oxygens (including phenoxy) is 1. The van der Waals surface area contributed by atoms with Gasteiger partial charge in [0.15, 0.2) is 0 Å². The molecule has 0 aromatic heterocycles. The number of carbonyl (C=O) groups excluding carboxylic acids is 3. The van der Waals surface area contributed by atoms with E-state index in [4.69, 9.17) is 0 Å². The Bertz CT molecular complexity index is 1040. The van der Waals surface area contributed by atoms with Crippen LogP contribution in [-0.4, -0.2) is 41.9 Å². The number of amides is 4. The summed E-state index contributed by atoms with van der Waals surface area (Å²) < 4.78 is 29.0. The van der Waals surface area contributed by atoms with Crippen molar-refractivity contribution in [1.82, 2.24) is 10.2 Å². The monoisotopic (exact) mass is 429 g/mol. The van der Waals surface area contributed by atoms with Crippen LogP contribution in [0.4, 0.5) is 19.3 Å². The summed E-state index contributed by atoms with van der Waals surface area (Å²) in [4.78, 5) is 41.2. The number of nitrogens with one attached hydrogen (secondary N) is 1. The Morgan fingerprint density at radius 2 is 1.87 bits per heavy atom. The molecule has 7 nitrogen and oxygen atoms in total. The van der Waals surface area contributed by atoms with E-state index in [1.54, 1.807) is 4.90 Å². The molecular weight excluding hydrogens is 408 g/mol. The van der Waals surface area contributed by atoms with Crippen LogP contribution in [0.15, 0.2) is 48.5 Å². The van der Waals surface area contributed by atoms with E-state index < -0.39 is 30.6 Å². The van der Waals surface area contributed by atoms with Crippen LogP contribution in [0.2, 0.25) is 0 Å². The molecule has 2 aromatic carbocycles. The van der Waals surface area contributed by atoms with E-state index in [2.05, 4.69) is 10.1 Å². The van der Waals surface area contributed by atoms with Crippen LogP contribution in [0.5, 0.6) is 5.75 Å². The third-order valence-corrected chi connectivity index (χ3v) is 5.70. The lowest BCUT2D eigenvalue weighted by molar-refractivity contribution is -0.134. The molecule has 2 heterocycles. The van der Waals surface area contributed by atoms with E-state index in [-0.39, 0.29) is 17.7 Å². The summed E-state index contributed by atoms with van der Waals surface area (Å²) in [7, 11) is 0. The molecule has 1 N–H and O–H groups in total. The Labute approximate surface area is 177 Å². The highest BCUT2D eigenvalue weighted by atomic mass is 19.3. The normalized spacial score (nSPS) is 22.7. The lowest BCUT2D eigenvalue weighted by Crippen LogP contribution is -2.46. The fourth-order valence-corrected chi connectivity index (χ4v) is 4.16. The Hall–Kier alpha value is -3.49. The van der Waals surface area contributed by atoms with E-state index in [1.807, 2.05) is 31.2 Å². The molecule has 2 unspecified atom stereocenters. The van der Waals surface area contributed by atoms with Crippen LogP contribution >= 0.6 is 0 Å². The minimum absolute atomic E-state index is 0.0622. The number of benzene rings is 2. The van der Waals surface area contributed by atoms with Gasteiger partial charge in [-0.05, 0) is 49.6 Å². The van der Waals surface area contributed by atoms with Gasteiger partial charge in [-0.25, -0.2) is 4.79 Å². The van der Waals surface area contributed by atoms with Gasteiger partial charge in [-0.3, -0.25) is 14.5 Å². The van der Waals surface area contributed by atoms with E-state index in [9.17, 15) is 23.2 Å². The molecule has 1 fully saturated rings. The van der Waals surface area contributed by atoms with Gasteiger partial charge in [-0.15, -0.1) is 0 Å². The molecule has 0 spiro atoms. The number of para-hydroxylation sites is 1. The van der Waals surface area contributed by atoms with Gasteiger partial charge >= 0.3 is 12.6 Å². The number of hydrogen-bond acceptors (Lipinski definition) is 4. The summed E-state index contributed by atoms with van der Waals surface area (Å²) in [6, 6.07) is 12.2. The second-order valence-corrected chi connectivity index (χ2v) is 7.79. The van der Waals surface area contributed by atoms with Crippen molar-refractivity contribution < 1.29 is 27.9 Å². The van der Waals surface area contributed by atoms with Gasteiger partial charge in [0, 0.05) is 11.7 Å². The van der Waals surface area contributed by atoms with E-state index in [1.165, 1.54) is 31.2 Å². The molecule has 9 heteroatoms. The third-order valence-electron chi connectivity index (χ3n) is 5.70. The third kappa shape index (κ3) is 3.60. The number of nitrogens with zero attached hydrogens (tertiary/aromatic N) is 2. The van der Waals surface area contributed by atoms with Crippen LogP contribution in [0.3, 0.4) is 0 Å². The summed E-state index contributed by atoms with van der Waals surface area (Å²) in [5.74, 6) is -1.01. The van der Waals surface area contributed by atoms with E-state index >= 15 is 0 Å². The fraction of sp³-hybridized carbons (Fsp3) is 0.318. The highest BCUT2D eigenvalue weighted by Crippen LogP contribution is 2.33. The summed E-state index contributed by atoms with van der Waals surface area (Å²) in [6.45, 7) is 0.0607. The van der Waals surface area contributed by atoms with Gasteiger partial charge in [-0.1, -0.05) is 30.3 Å². The lowest BCUT2D eigenvalue weighted by Gasteiger charge is -2.25. The summed E-state index contributed by atoms with van der Waals surface area (Å²) in [5, 5.41) is 2.61. The van der Waals surface area contributed by atoms with E-state index in [0.717, 1.165) is 16.2 Å². The molecular formula is C22H21F2N3O4. The first-order valence-corrected chi connectivity index (χ1v) is 9.80. The van der Waals surface area contributed by atoms with E-state index in [0.29, 0.717) is 12.0 Å². The number of urea groups is 1. The van der Waals surface area contributed by atoms with Crippen molar-refractivity contribution >= 4 is 23.5 Å². The number of anilines is 1. The van der Waals surface area contributed by atoms with Crippen LogP contribution in [0, 0.1) is 0 Å². The molecule has 0 aliphatic carbocycles. The zero-order chi connectivity index (χ0) is 22.3. The van der Waals surface area contributed by atoms with Crippen molar-refractivity contribution in [2.75, 3.05) is 11.4 Å². The first kappa shape index (κ1) is 20.8. The molecule has 4 amide bonds. The Kier molecular flexibility index (Phi) is 5.12. The molecule has 0 bridgehead atoms. The molecule has 0 radical (unpaired) electrons. The van der Waals surface area contributed by atoms with Crippen LogP contribution < -0.4 is 15.0 Å². The maximum Gasteiger partial charge on any atom is 0.387 e. The number of alkyl halides is 2. The average molecular weight is 429 g/mol. The first-order chi connectivity index (χ1) is 14.7. The van der Waals surface area contributed by atoms with Gasteiger partial charge in [0.05, 0.1) is 0 Å². The number of halogens is 2. The second-order valence-electron chi connectivity index (χ2n) is 7.79. The number of fused-ring (bicyclic) bond motifs is 1. The number of carbonyl (C=O) groups is 3. The Balaban J connectivity index is 1.53. The van der Waals surface area contributed by atoms with Gasteiger partial charge in [0.25, 0.3) is 5.91 Å². The molecule has 2 aliphatic rings. The SMILES string of the molecule is CC1Cc2ccccc2N1C(=O)CN1C(=O)NC(C)(c2ccc(OC(F)F)cc2)C1=O. The van der Waals surface area contributed by atoms with Gasteiger partial charge in [-0.2, -0.15) is 8.78 Å². The fourth-order valence-electron chi connectivity index (χ4n) is 4.16. The highest BCUT2D eigenvalue weighted by molar-refractivity contribution is 6.10. The standard InChI is InChI=1S/C22H21F2N3O4/c1-13-11-14-5-3-4-6-17(14)27(13)18(28)12-26-19(29)22(2,25-21(26)30)15-7-9-16(10-8-15)31-20(23)24/h3-10,13,20H,11-12H2,1-2H3,(H,25,30). The Morgan fingerprint density at radius 1 is 1.19 bits per heavy atom. The van der Waals surface area contributed by atoms with Gasteiger partial charge in [0.1, 0.15) is 17.8 Å². The summed E-state index contributed by atoms with van der Waals surface area (Å²) in [6.07, 6.45) is 0.701. The van der Waals surface area contributed by atoms with Crippen LogP contribution in [-0.2, 0) is 21.5 Å². The number of rotatable bonds is 5. The lowest BCUT2D eigenvalue weighted by atomic mass is 9.92. The predicted octanol–water partition coefficient (Wildman–Crippen LogP) is 3.03. The molecule has 2 atom stereocenters. The number of hydrogen-bond donors (Lipinski definition) is 1.